The summed E-state index contributed by atoms with van der Waals surface area (Å²) >= 11 is 1.80. The number of thioether (sulfide) groups is 1. The van der Waals surface area contributed by atoms with Crippen LogP contribution in [0.3, 0.4) is 0 Å². The summed E-state index contributed by atoms with van der Waals surface area (Å²) in [5.74, 6) is 2.06. The van der Waals surface area contributed by atoms with Crippen molar-refractivity contribution in [1.82, 2.24) is 10.3 Å². The second-order valence-electron chi connectivity index (χ2n) is 5.08. The van der Waals surface area contributed by atoms with E-state index in [2.05, 4.69) is 41.5 Å². The zero-order valence-corrected chi connectivity index (χ0v) is 14.4. The Balaban J connectivity index is 1.73. The van der Waals surface area contributed by atoms with Gasteiger partial charge < -0.3 is 10.1 Å². The molecule has 0 spiro atoms. The zero-order chi connectivity index (χ0) is 16.5. The molecule has 4 nitrogen and oxygen atoms in total. The first kappa shape index (κ1) is 17.3. The first-order valence-corrected chi connectivity index (χ1v) is 8.85. The van der Waals surface area contributed by atoms with Gasteiger partial charge in [-0.05, 0) is 31.5 Å². The van der Waals surface area contributed by atoms with E-state index in [1.807, 2.05) is 6.92 Å². The summed E-state index contributed by atoms with van der Waals surface area (Å²) in [6.07, 6.45) is 1.62. The summed E-state index contributed by atoms with van der Waals surface area (Å²) in [5, 5.41) is 2.91. The number of ether oxygens (including phenoxy) is 1. The molecule has 2 rings (SSSR count). The van der Waals surface area contributed by atoms with Crippen LogP contribution in [0.2, 0.25) is 0 Å². The lowest BCUT2D eigenvalue weighted by atomic mass is 10.2. The third-order valence-electron chi connectivity index (χ3n) is 3.22. The number of nitrogens with zero attached hydrogens (tertiary/aromatic N) is 1. The fourth-order valence-electron chi connectivity index (χ4n) is 2.02. The van der Waals surface area contributed by atoms with Crippen LogP contribution >= 0.6 is 11.8 Å². The van der Waals surface area contributed by atoms with E-state index in [1.54, 1.807) is 30.1 Å². The number of amides is 1. The predicted molar refractivity (Wildman–Crippen MR) is 95.1 cm³/mol. The highest BCUT2D eigenvalue weighted by Crippen LogP contribution is 2.15. The first-order valence-electron chi connectivity index (χ1n) is 7.70. The molecule has 0 aliphatic heterocycles. The fraction of sp³-hybridized carbons (Fsp3) is 0.333. The zero-order valence-electron chi connectivity index (χ0n) is 13.5. The average Bonchev–Trinajstić information content (AvgIpc) is 2.57. The Bertz CT molecular complexity index is 629. The van der Waals surface area contributed by atoms with Gasteiger partial charge >= 0.3 is 0 Å². The maximum absolute atomic E-state index is 12.2. The largest absolute Gasteiger partial charge is 0.477 e. The molecule has 122 valence electrons. The van der Waals surface area contributed by atoms with Crippen molar-refractivity contribution in [1.29, 1.82) is 0 Å². The molecule has 23 heavy (non-hydrogen) atoms. The van der Waals surface area contributed by atoms with Gasteiger partial charge in [-0.25, -0.2) is 4.98 Å². The van der Waals surface area contributed by atoms with Crippen molar-refractivity contribution in [2.24, 2.45) is 0 Å². The van der Waals surface area contributed by atoms with Gasteiger partial charge in [0, 0.05) is 24.2 Å². The predicted octanol–water partition coefficient (Wildman–Crippen LogP) is 3.45. The molecule has 0 saturated carbocycles. The molecule has 0 fully saturated rings. The van der Waals surface area contributed by atoms with Crippen molar-refractivity contribution in [2.75, 3.05) is 18.9 Å². The number of carbonyl (C=O) groups excluding carboxylic acids is 1. The SMILES string of the molecule is CCOc1ncccc1C(=O)NCCSCc1ccc(C)cc1. The van der Waals surface area contributed by atoms with Gasteiger partial charge in [0.15, 0.2) is 0 Å². The lowest BCUT2D eigenvalue weighted by molar-refractivity contribution is 0.0951. The lowest BCUT2D eigenvalue weighted by Gasteiger charge is -2.09. The fourth-order valence-corrected chi connectivity index (χ4v) is 2.84. The normalized spacial score (nSPS) is 10.3. The quantitative estimate of drug-likeness (QED) is 0.753. The first-order chi connectivity index (χ1) is 11.2. The van der Waals surface area contributed by atoms with Gasteiger partial charge in [-0.3, -0.25) is 4.79 Å². The molecule has 0 aliphatic rings. The number of aryl methyl sites for hydroxylation is 1. The number of hydrogen-bond donors (Lipinski definition) is 1. The summed E-state index contributed by atoms with van der Waals surface area (Å²) in [6, 6.07) is 12.0. The molecule has 1 heterocycles. The van der Waals surface area contributed by atoms with Gasteiger partial charge in [0.2, 0.25) is 5.88 Å². The summed E-state index contributed by atoms with van der Waals surface area (Å²) in [7, 11) is 0. The Morgan fingerprint density at radius 3 is 2.78 bits per heavy atom. The Morgan fingerprint density at radius 1 is 1.26 bits per heavy atom. The Labute approximate surface area is 141 Å². The molecule has 0 atom stereocenters. The van der Waals surface area contributed by atoms with E-state index in [-0.39, 0.29) is 5.91 Å². The van der Waals surface area contributed by atoms with Crippen LogP contribution in [0.5, 0.6) is 5.88 Å². The Hall–Kier alpha value is -2.01. The van der Waals surface area contributed by atoms with E-state index in [0.29, 0.717) is 24.6 Å². The van der Waals surface area contributed by atoms with Crippen LogP contribution in [0.15, 0.2) is 42.6 Å². The molecule has 0 radical (unpaired) electrons. The maximum atomic E-state index is 12.2. The third kappa shape index (κ3) is 5.60. The van der Waals surface area contributed by atoms with Gasteiger partial charge in [0.1, 0.15) is 5.56 Å². The van der Waals surface area contributed by atoms with Crippen LogP contribution in [0.25, 0.3) is 0 Å². The van der Waals surface area contributed by atoms with E-state index in [1.165, 1.54) is 11.1 Å². The van der Waals surface area contributed by atoms with Crippen molar-refractivity contribution >= 4 is 17.7 Å². The molecule has 2 aromatic rings. The van der Waals surface area contributed by atoms with E-state index in [9.17, 15) is 4.79 Å². The minimum atomic E-state index is -0.141. The van der Waals surface area contributed by atoms with E-state index < -0.39 is 0 Å². The molecule has 0 saturated heterocycles. The van der Waals surface area contributed by atoms with E-state index in [0.717, 1.165) is 11.5 Å². The number of aromatic nitrogens is 1. The lowest BCUT2D eigenvalue weighted by Crippen LogP contribution is -2.26. The van der Waals surface area contributed by atoms with Crippen LogP contribution in [-0.2, 0) is 5.75 Å². The summed E-state index contributed by atoms with van der Waals surface area (Å²) in [4.78, 5) is 16.3. The van der Waals surface area contributed by atoms with Crippen molar-refractivity contribution in [3.05, 3.63) is 59.3 Å². The van der Waals surface area contributed by atoms with Gasteiger partial charge in [0.25, 0.3) is 5.91 Å². The van der Waals surface area contributed by atoms with Gasteiger partial charge in [0.05, 0.1) is 6.61 Å². The number of carbonyl (C=O) groups is 1. The summed E-state index contributed by atoms with van der Waals surface area (Å²) in [6.45, 7) is 5.07. The molecule has 1 aromatic carbocycles. The highest BCUT2D eigenvalue weighted by Gasteiger charge is 2.12. The van der Waals surface area contributed by atoms with Gasteiger partial charge in [-0.15, -0.1) is 0 Å². The topological polar surface area (TPSA) is 51.2 Å². The molecule has 1 N–H and O–H groups in total. The van der Waals surface area contributed by atoms with Gasteiger partial charge in [-0.2, -0.15) is 11.8 Å². The molecular formula is C18H22N2O2S. The van der Waals surface area contributed by atoms with Crippen LogP contribution in [0, 0.1) is 6.92 Å². The van der Waals surface area contributed by atoms with Crippen molar-refractivity contribution in [2.45, 2.75) is 19.6 Å². The molecular weight excluding hydrogens is 308 g/mol. The number of hydrogen-bond acceptors (Lipinski definition) is 4. The highest BCUT2D eigenvalue weighted by molar-refractivity contribution is 7.98. The standard InChI is InChI=1S/C18H22N2O2S/c1-3-22-18-16(5-4-10-20-18)17(21)19-11-12-23-13-15-8-6-14(2)7-9-15/h4-10H,3,11-13H2,1-2H3,(H,19,21). The highest BCUT2D eigenvalue weighted by atomic mass is 32.2. The molecule has 0 aliphatic carbocycles. The van der Waals surface area contributed by atoms with E-state index in [4.69, 9.17) is 4.74 Å². The molecule has 0 unspecified atom stereocenters. The molecule has 1 aromatic heterocycles. The second-order valence-corrected chi connectivity index (χ2v) is 6.19. The summed E-state index contributed by atoms with van der Waals surface area (Å²) < 4.78 is 5.38. The van der Waals surface area contributed by atoms with Crippen LogP contribution < -0.4 is 10.1 Å². The number of rotatable bonds is 8. The second kappa shape index (κ2) is 9.20. The third-order valence-corrected chi connectivity index (χ3v) is 4.25. The van der Waals surface area contributed by atoms with E-state index >= 15 is 0 Å². The smallest absolute Gasteiger partial charge is 0.256 e. The number of nitrogens with one attached hydrogen (secondary N) is 1. The van der Waals surface area contributed by atoms with Crippen LogP contribution in [0.4, 0.5) is 0 Å². The van der Waals surface area contributed by atoms with Gasteiger partial charge in [-0.1, -0.05) is 29.8 Å². The Morgan fingerprint density at radius 2 is 2.04 bits per heavy atom. The number of benzene rings is 1. The number of pyridine rings is 1. The summed E-state index contributed by atoms with van der Waals surface area (Å²) in [5.41, 5.74) is 3.06. The Kier molecular flexibility index (Phi) is 6.94. The maximum Gasteiger partial charge on any atom is 0.256 e. The average molecular weight is 330 g/mol. The minimum absolute atomic E-state index is 0.141. The van der Waals surface area contributed by atoms with Crippen molar-refractivity contribution in [3.8, 4) is 5.88 Å². The van der Waals surface area contributed by atoms with Crippen molar-refractivity contribution < 1.29 is 9.53 Å². The molecule has 5 heteroatoms. The van der Waals surface area contributed by atoms with Crippen LogP contribution in [0.1, 0.15) is 28.4 Å². The minimum Gasteiger partial charge on any atom is -0.477 e. The monoisotopic (exact) mass is 330 g/mol. The molecule has 1 amide bonds. The van der Waals surface area contributed by atoms with Crippen LogP contribution in [-0.4, -0.2) is 29.8 Å². The molecule has 0 bridgehead atoms. The van der Waals surface area contributed by atoms with Crippen molar-refractivity contribution in [3.63, 3.8) is 0 Å².